The maximum atomic E-state index is 13.2. The Morgan fingerprint density at radius 2 is 1.75 bits per heavy atom. The highest BCUT2D eigenvalue weighted by Gasteiger charge is 2.45. The third kappa shape index (κ3) is 4.29. The van der Waals surface area contributed by atoms with Gasteiger partial charge in [-0.05, 0) is 29.8 Å². The van der Waals surface area contributed by atoms with Gasteiger partial charge in [0.05, 0.1) is 35.9 Å². The summed E-state index contributed by atoms with van der Waals surface area (Å²) in [4.78, 5) is 3.93. The Morgan fingerprint density at radius 3 is 2.39 bits per heavy atom. The van der Waals surface area contributed by atoms with E-state index in [1.807, 2.05) is 0 Å². The molecule has 1 aromatic heterocycles. The van der Waals surface area contributed by atoms with E-state index in [4.69, 9.17) is 9.47 Å². The number of pyridine rings is 1. The number of aromatic nitrogens is 1. The van der Waals surface area contributed by atoms with Crippen molar-refractivity contribution in [3.8, 4) is 11.5 Å². The molecule has 0 unspecified atom stereocenters. The van der Waals surface area contributed by atoms with Gasteiger partial charge in [0.1, 0.15) is 0 Å². The third-order valence-electron chi connectivity index (χ3n) is 4.70. The number of nitrogens with one attached hydrogen (secondary N) is 1. The standard InChI is InChI=1S/C18H22N2O6S2/c1-25-16-4-3-14(9-17(16)26-2)28(23,24)18-12-27(21,22)11-15(18)20-10-13-5-7-19-8-6-13/h3-9,15,18,20H,10-12H2,1-2H3/t15-,18-/m0/s1. The van der Waals surface area contributed by atoms with Crippen LogP contribution in [0.1, 0.15) is 5.56 Å². The van der Waals surface area contributed by atoms with Crippen LogP contribution in [0.2, 0.25) is 0 Å². The van der Waals surface area contributed by atoms with Crippen LogP contribution in [0, 0.1) is 0 Å². The Kier molecular flexibility index (Phi) is 5.92. The minimum Gasteiger partial charge on any atom is -0.493 e. The van der Waals surface area contributed by atoms with E-state index < -0.39 is 36.7 Å². The average molecular weight is 427 g/mol. The lowest BCUT2D eigenvalue weighted by Crippen LogP contribution is -2.43. The summed E-state index contributed by atoms with van der Waals surface area (Å²) in [5.74, 6) is 0.0195. The Balaban J connectivity index is 1.89. The molecular weight excluding hydrogens is 404 g/mol. The van der Waals surface area contributed by atoms with Gasteiger partial charge in [-0.3, -0.25) is 4.98 Å². The van der Waals surface area contributed by atoms with Gasteiger partial charge in [0.25, 0.3) is 0 Å². The van der Waals surface area contributed by atoms with Crippen molar-refractivity contribution in [2.45, 2.75) is 22.7 Å². The molecule has 0 radical (unpaired) electrons. The zero-order valence-corrected chi connectivity index (χ0v) is 17.2. The molecule has 2 atom stereocenters. The molecule has 1 aliphatic rings. The van der Waals surface area contributed by atoms with Gasteiger partial charge >= 0.3 is 0 Å². The van der Waals surface area contributed by atoms with Gasteiger partial charge in [-0.15, -0.1) is 0 Å². The van der Waals surface area contributed by atoms with Crippen molar-refractivity contribution < 1.29 is 26.3 Å². The van der Waals surface area contributed by atoms with Gasteiger partial charge in [0, 0.05) is 31.0 Å². The maximum absolute atomic E-state index is 13.2. The number of hydrogen-bond donors (Lipinski definition) is 1. The lowest BCUT2D eigenvalue weighted by atomic mass is 10.2. The van der Waals surface area contributed by atoms with E-state index in [2.05, 4.69) is 10.3 Å². The molecule has 2 aromatic rings. The van der Waals surface area contributed by atoms with Crippen LogP contribution in [0.4, 0.5) is 0 Å². The molecule has 8 nitrogen and oxygen atoms in total. The predicted octanol–water partition coefficient (Wildman–Crippen LogP) is 0.828. The van der Waals surface area contributed by atoms with Crippen LogP contribution in [-0.2, 0) is 26.2 Å². The van der Waals surface area contributed by atoms with E-state index in [0.717, 1.165) is 5.56 Å². The zero-order chi connectivity index (χ0) is 20.4. The molecular formula is C18H22N2O6S2. The molecule has 0 aliphatic carbocycles. The van der Waals surface area contributed by atoms with Crippen molar-refractivity contribution in [2.75, 3.05) is 25.7 Å². The van der Waals surface area contributed by atoms with Crippen LogP contribution in [-0.4, -0.2) is 58.8 Å². The van der Waals surface area contributed by atoms with Crippen molar-refractivity contribution in [2.24, 2.45) is 0 Å². The summed E-state index contributed by atoms with van der Waals surface area (Å²) in [6, 6.07) is 7.12. The number of methoxy groups -OCH3 is 2. The topological polar surface area (TPSA) is 112 Å². The van der Waals surface area contributed by atoms with Gasteiger partial charge in [-0.1, -0.05) is 0 Å². The second-order valence-corrected chi connectivity index (χ2v) is 10.8. The second kappa shape index (κ2) is 8.06. The van der Waals surface area contributed by atoms with Crippen molar-refractivity contribution >= 4 is 19.7 Å². The molecule has 28 heavy (non-hydrogen) atoms. The molecule has 1 N–H and O–H groups in total. The zero-order valence-electron chi connectivity index (χ0n) is 15.5. The summed E-state index contributed by atoms with van der Waals surface area (Å²) >= 11 is 0. The summed E-state index contributed by atoms with van der Waals surface area (Å²) in [7, 11) is -4.53. The predicted molar refractivity (Wildman–Crippen MR) is 104 cm³/mol. The Morgan fingerprint density at radius 1 is 1.07 bits per heavy atom. The minimum absolute atomic E-state index is 0.00274. The van der Waals surface area contributed by atoms with Gasteiger partial charge in [-0.25, -0.2) is 16.8 Å². The van der Waals surface area contributed by atoms with Crippen LogP contribution in [0.15, 0.2) is 47.6 Å². The summed E-state index contributed by atoms with van der Waals surface area (Å²) in [5, 5.41) is 2.00. The smallest absolute Gasteiger partial charge is 0.183 e. The molecule has 1 saturated heterocycles. The molecule has 1 aromatic carbocycles. The van der Waals surface area contributed by atoms with Crippen molar-refractivity contribution in [3.05, 3.63) is 48.3 Å². The highest BCUT2D eigenvalue weighted by Crippen LogP contribution is 2.33. The maximum Gasteiger partial charge on any atom is 0.183 e. The molecule has 0 spiro atoms. The quantitative estimate of drug-likeness (QED) is 0.693. The molecule has 3 rings (SSSR count). The first kappa shape index (κ1) is 20.6. The van der Waals surface area contributed by atoms with Gasteiger partial charge < -0.3 is 14.8 Å². The summed E-state index contributed by atoms with van der Waals surface area (Å²) in [6.07, 6.45) is 3.25. The van der Waals surface area contributed by atoms with Crippen LogP contribution in [0.25, 0.3) is 0 Å². The summed E-state index contributed by atoms with van der Waals surface area (Å²) < 4.78 is 61.1. The van der Waals surface area contributed by atoms with E-state index in [0.29, 0.717) is 12.3 Å². The number of sulfone groups is 2. The van der Waals surface area contributed by atoms with Gasteiger partial charge in [-0.2, -0.15) is 0 Å². The van der Waals surface area contributed by atoms with Crippen molar-refractivity contribution in [1.29, 1.82) is 0 Å². The molecule has 1 aliphatic heterocycles. The van der Waals surface area contributed by atoms with E-state index in [1.54, 1.807) is 24.5 Å². The van der Waals surface area contributed by atoms with Crippen LogP contribution < -0.4 is 14.8 Å². The van der Waals surface area contributed by atoms with Crippen molar-refractivity contribution in [3.63, 3.8) is 0 Å². The van der Waals surface area contributed by atoms with Crippen molar-refractivity contribution in [1.82, 2.24) is 10.3 Å². The van der Waals surface area contributed by atoms with E-state index in [1.165, 1.54) is 32.4 Å². The van der Waals surface area contributed by atoms with E-state index >= 15 is 0 Å². The first-order valence-electron chi connectivity index (χ1n) is 8.55. The van der Waals surface area contributed by atoms with Crippen LogP contribution >= 0.6 is 0 Å². The Labute approximate surface area is 164 Å². The molecule has 2 heterocycles. The minimum atomic E-state index is -3.91. The highest BCUT2D eigenvalue weighted by molar-refractivity contribution is 7.96. The number of benzene rings is 1. The SMILES string of the molecule is COc1ccc(S(=O)(=O)[C@H]2CS(=O)(=O)C[C@@H]2NCc2ccncc2)cc1OC. The summed E-state index contributed by atoms with van der Waals surface area (Å²) in [5.41, 5.74) is 0.890. The highest BCUT2D eigenvalue weighted by atomic mass is 32.2. The fourth-order valence-electron chi connectivity index (χ4n) is 3.23. The molecule has 0 saturated carbocycles. The van der Waals surface area contributed by atoms with E-state index in [9.17, 15) is 16.8 Å². The Bertz CT molecular complexity index is 1040. The largest absolute Gasteiger partial charge is 0.493 e. The van der Waals surface area contributed by atoms with Crippen LogP contribution in [0.5, 0.6) is 11.5 Å². The fourth-order valence-corrected chi connectivity index (χ4v) is 7.96. The number of ether oxygens (including phenoxy) is 2. The monoisotopic (exact) mass is 426 g/mol. The molecule has 10 heteroatoms. The number of nitrogens with zero attached hydrogens (tertiary/aromatic N) is 1. The molecule has 0 bridgehead atoms. The lowest BCUT2D eigenvalue weighted by Gasteiger charge is -2.20. The number of rotatable bonds is 7. The van der Waals surface area contributed by atoms with E-state index in [-0.39, 0.29) is 16.4 Å². The molecule has 0 amide bonds. The van der Waals surface area contributed by atoms with Gasteiger partial charge in [0.2, 0.25) is 0 Å². The average Bonchev–Trinajstić information content (AvgIpc) is 3.02. The third-order valence-corrected chi connectivity index (χ3v) is 8.85. The first-order valence-corrected chi connectivity index (χ1v) is 11.9. The lowest BCUT2D eigenvalue weighted by molar-refractivity contribution is 0.354. The molecule has 152 valence electrons. The summed E-state index contributed by atoms with van der Waals surface area (Å²) in [6.45, 7) is 0.348. The fraction of sp³-hybridized carbons (Fsp3) is 0.389. The first-order chi connectivity index (χ1) is 13.3. The van der Waals surface area contributed by atoms with Crippen LogP contribution in [0.3, 0.4) is 0 Å². The Hall–Kier alpha value is -2.17. The van der Waals surface area contributed by atoms with Gasteiger partial charge in [0.15, 0.2) is 31.2 Å². The second-order valence-electron chi connectivity index (χ2n) is 6.52. The number of hydrogen-bond acceptors (Lipinski definition) is 8. The normalized spacial score (nSPS) is 21.4. The molecule has 1 fully saturated rings.